The molecule has 0 aromatic carbocycles. The van der Waals surface area contributed by atoms with Gasteiger partial charge >= 0.3 is 0 Å². The summed E-state index contributed by atoms with van der Waals surface area (Å²) in [6, 6.07) is 8.00. The molecule has 0 radical (unpaired) electrons. The van der Waals surface area contributed by atoms with Crippen molar-refractivity contribution in [1.82, 2.24) is 5.32 Å². The Balaban J connectivity index is 1.92. The van der Waals surface area contributed by atoms with Crippen LogP contribution < -0.4 is 11.1 Å². The molecule has 5 heteroatoms. The second-order valence-corrected chi connectivity index (χ2v) is 7.22. The highest BCUT2D eigenvalue weighted by Crippen LogP contribution is 2.18. The SMILES string of the molecule is Cc1ccc(CC(C)NC(=O)c2ccc(C#CCN)s2)s1. The molecule has 0 spiro atoms. The van der Waals surface area contributed by atoms with Crippen molar-refractivity contribution in [1.29, 1.82) is 0 Å². The number of aryl methyl sites for hydroxylation is 1. The molecule has 0 saturated carbocycles. The van der Waals surface area contributed by atoms with Crippen LogP contribution in [0.25, 0.3) is 0 Å². The maximum Gasteiger partial charge on any atom is 0.261 e. The summed E-state index contributed by atoms with van der Waals surface area (Å²) < 4.78 is 0. The predicted octanol–water partition coefficient (Wildman–Crippen LogP) is 2.79. The fraction of sp³-hybridized carbons (Fsp3) is 0.312. The first-order chi connectivity index (χ1) is 10.1. The first kappa shape index (κ1) is 15.8. The third-order valence-electron chi connectivity index (χ3n) is 2.82. The van der Waals surface area contributed by atoms with Gasteiger partial charge in [-0.15, -0.1) is 22.7 Å². The second-order valence-electron chi connectivity index (χ2n) is 4.76. The van der Waals surface area contributed by atoms with Gasteiger partial charge in [0.05, 0.1) is 16.3 Å². The van der Waals surface area contributed by atoms with E-state index in [-0.39, 0.29) is 11.9 Å². The number of hydrogen-bond donors (Lipinski definition) is 2. The first-order valence-corrected chi connectivity index (χ1v) is 8.36. The van der Waals surface area contributed by atoms with Gasteiger partial charge in [0.2, 0.25) is 0 Å². The van der Waals surface area contributed by atoms with Crippen LogP contribution in [-0.2, 0) is 6.42 Å². The molecular weight excluding hydrogens is 300 g/mol. The highest BCUT2D eigenvalue weighted by atomic mass is 32.1. The van der Waals surface area contributed by atoms with Gasteiger partial charge in [0.25, 0.3) is 5.91 Å². The van der Waals surface area contributed by atoms with Gasteiger partial charge in [0.1, 0.15) is 0 Å². The summed E-state index contributed by atoms with van der Waals surface area (Å²) in [5.74, 6) is 5.69. The van der Waals surface area contributed by atoms with Crippen molar-refractivity contribution in [2.75, 3.05) is 6.54 Å². The Labute approximate surface area is 133 Å². The molecule has 1 atom stereocenters. The largest absolute Gasteiger partial charge is 0.349 e. The summed E-state index contributed by atoms with van der Waals surface area (Å²) in [6.45, 7) is 4.44. The van der Waals surface area contributed by atoms with Crippen LogP contribution in [0.2, 0.25) is 0 Å². The van der Waals surface area contributed by atoms with Crippen LogP contribution in [0.15, 0.2) is 24.3 Å². The fourth-order valence-electron chi connectivity index (χ4n) is 1.91. The van der Waals surface area contributed by atoms with Gasteiger partial charge in [-0.2, -0.15) is 0 Å². The van der Waals surface area contributed by atoms with Crippen molar-refractivity contribution in [3.05, 3.63) is 43.8 Å². The van der Waals surface area contributed by atoms with Crippen molar-refractivity contribution in [3.8, 4) is 11.8 Å². The van der Waals surface area contributed by atoms with Gasteiger partial charge in [-0.3, -0.25) is 4.79 Å². The molecule has 2 aromatic heterocycles. The molecule has 0 aliphatic heterocycles. The molecule has 0 bridgehead atoms. The minimum atomic E-state index is -0.0402. The number of nitrogens with two attached hydrogens (primary N) is 1. The zero-order chi connectivity index (χ0) is 15.2. The third kappa shape index (κ3) is 4.71. The molecule has 1 amide bonds. The van der Waals surface area contributed by atoms with Crippen LogP contribution >= 0.6 is 22.7 Å². The van der Waals surface area contributed by atoms with Gasteiger partial charge in [-0.1, -0.05) is 11.8 Å². The third-order valence-corrected chi connectivity index (χ3v) is 4.85. The molecule has 0 fully saturated rings. The van der Waals surface area contributed by atoms with Crippen molar-refractivity contribution in [3.63, 3.8) is 0 Å². The molecular formula is C16H18N2OS2. The predicted molar refractivity (Wildman–Crippen MR) is 89.9 cm³/mol. The maximum atomic E-state index is 12.2. The molecule has 0 aliphatic rings. The number of thiophene rings is 2. The van der Waals surface area contributed by atoms with Crippen LogP contribution in [0.4, 0.5) is 0 Å². The van der Waals surface area contributed by atoms with E-state index in [1.165, 1.54) is 21.1 Å². The average Bonchev–Trinajstić information content (AvgIpc) is 3.05. The second kappa shape index (κ2) is 7.41. The van der Waals surface area contributed by atoms with E-state index in [1.54, 1.807) is 11.3 Å². The number of hydrogen-bond acceptors (Lipinski definition) is 4. The quantitative estimate of drug-likeness (QED) is 0.852. The molecule has 3 N–H and O–H groups in total. The molecule has 2 aromatic rings. The van der Waals surface area contributed by atoms with Crippen molar-refractivity contribution >= 4 is 28.6 Å². The lowest BCUT2D eigenvalue weighted by molar-refractivity contribution is 0.0944. The van der Waals surface area contributed by atoms with Crippen molar-refractivity contribution < 1.29 is 4.79 Å². The summed E-state index contributed by atoms with van der Waals surface area (Å²) in [5.41, 5.74) is 5.34. The van der Waals surface area contributed by atoms with Crippen LogP contribution in [0.1, 0.15) is 31.2 Å². The van der Waals surface area contributed by atoms with Crippen molar-refractivity contribution in [2.45, 2.75) is 26.3 Å². The molecule has 0 saturated heterocycles. The van der Waals surface area contributed by atoms with E-state index in [2.05, 4.69) is 36.2 Å². The van der Waals surface area contributed by atoms with E-state index in [9.17, 15) is 4.79 Å². The van der Waals surface area contributed by atoms with Crippen LogP contribution in [-0.4, -0.2) is 18.5 Å². The Morgan fingerprint density at radius 1 is 1.33 bits per heavy atom. The molecule has 1 unspecified atom stereocenters. The molecule has 2 rings (SSSR count). The Morgan fingerprint density at radius 2 is 2.14 bits per heavy atom. The van der Waals surface area contributed by atoms with Crippen LogP contribution in [0, 0.1) is 18.8 Å². The molecule has 3 nitrogen and oxygen atoms in total. The number of amides is 1. The summed E-state index contributed by atoms with van der Waals surface area (Å²) >= 11 is 3.17. The van der Waals surface area contributed by atoms with E-state index in [1.807, 2.05) is 19.1 Å². The van der Waals surface area contributed by atoms with Crippen LogP contribution in [0.5, 0.6) is 0 Å². The lowest BCUT2D eigenvalue weighted by Gasteiger charge is -2.11. The zero-order valence-corrected chi connectivity index (χ0v) is 13.7. The smallest absolute Gasteiger partial charge is 0.261 e. The van der Waals surface area contributed by atoms with E-state index in [0.29, 0.717) is 11.4 Å². The monoisotopic (exact) mass is 318 g/mol. The Hall–Kier alpha value is -1.61. The Morgan fingerprint density at radius 3 is 2.81 bits per heavy atom. The Kier molecular flexibility index (Phi) is 5.57. The van der Waals surface area contributed by atoms with E-state index in [0.717, 1.165) is 11.3 Å². The van der Waals surface area contributed by atoms with Crippen molar-refractivity contribution in [2.24, 2.45) is 5.73 Å². The van der Waals surface area contributed by atoms with Gasteiger partial charge in [-0.05, 0) is 38.1 Å². The summed E-state index contributed by atoms with van der Waals surface area (Å²) in [6.07, 6.45) is 0.857. The number of carbonyl (C=O) groups is 1. The van der Waals surface area contributed by atoms with Gasteiger partial charge in [0, 0.05) is 22.2 Å². The number of nitrogens with one attached hydrogen (secondary N) is 1. The summed E-state index contributed by atoms with van der Waals surface area (Å²) in [5, 5.41) is 3.03. The lowest BCUT2D eigenvalue weighted by atomic mass is 10.2. The van der Waals surface area contributed by atoms with E-state index >= 15 is 0 Å². The number of carbonyl (C=O) groups excluding carboxylic acids is 1. The lowest BCUT2D eigenvalue weighted by Crippen LogP contribution is -2.33. The highest BCUT2D eigenvalue weighted by molar-refractivity contribution is 7.14. The average molecular weight is 318 g/mol. The van der Waals surface area contributed by atoms with Crippen LogP contribution in [0.3, 0.4) is 0 Å². The minimum Gasteiger partial charge on any atom is -0.349 e. The molecule has 110 valence electrons. The normalized spacial score (nSPS) is 11.6. The topological polar surface area (TPSA) is 55.1 Å². The highest BCUT2D eigenvalue weighted by Gasteiger charge is 2.13. The number of rotatable bonds is 4. The minimum absolute atomic E-state index is 0.0402. The maximum absolute atomic E-state index is 12.2. The van der Waals surface area contributed by atoms with Gasteiger partial charge < -0.3 is 11.1 Å². The molecule has 0 aliphatic carbocycles. The Bertz CT molecular complexity index is 676. The standard InChI is InChI=1S/C16H18N2OS2/c1-11(10-14-6-5-12(2)20-14)18-16(19)15-8-7-13(21-15)4-3-9-17/h5-8,11H,9-10,17H2,1-2H3,(H,18,19). The molecule has 21 heavy (non-hydrogen) atoms. The summed E-state index contributed by atoms with van der Waals surface area (Å²) in [4.78, 5) is 16.3. The fourth-order valence-corrected chi connectivity index (χ4v) is 3.71. The van der Waals surface area contributed by atoms with Gasteiger partial charge in [0.15, 0.2) is 0 Å². The van der Waals surface area contributed by atoms with E-state index < -0.39 is 0 Å². The van der Waals surface area contributed by atoms with Gasteiger partial charge in [-0.25, -0.2) is 0 Å². The van der Waals surface area contributed by atoms with E-state index in [4.69, 9.17) is 5.73 Å². The summed E-state index contributed by atoms with van der Waals surface area (Å²) in [7, 11) is 0. The molecule has 2 heterocycles. The zero-order valence-electron chi connectivity index (χ0n) is 12.1. The first-order valence-electron chi connectivity index (χ1n) is 6.73.